The summed E-state index contributed by atoms with van der Waals surface area (Å²) in [5.41, 5.74) is -0.759. The molecule has 0 aromatic carbocycles. The zero-order valence-corrected chi connectivity index (χ0v) is 15.6. The molecular formula is C16H22BrN3O4. The molecule has 0 saturated carbocycles. The lowest BCUT2D eigenvalue weighted by Crippen LogP contribution is -2.46. The second-order valence-corrected chi connectivity index (χ2v) is 7.73. The van der Waals surface area contributed by atoms with Crippen molar-refractivity contribution in [1.29, 1.82) is 0 Å². The second-order valence-electron chi connectivity index (χ2n) is 6.82. The Balaban J connectivity index is 2.01. The van der Waals surface area contributed by atoms with Gasteiger partial charge in [0.1, 0.15) is 11.3 Å². The number of pyridine rings is 1. The molecule has 2 N–H and O–H groups in total. The smallest absolute Gasteiger partial charge is 0.410 e. The standard InChI is InChI=1S/C16H22BrN3O4/c1-16(2,3)24-15(23)20-6-4-5-10(9-20)13(21)19-12-7-11(17)8-18-14(12)22/h7-8,10H,4-6,9H2,1-3H3,(H,18,22)(H,19,21). The SMILES string of the molecule is CC(C)(C)OC(=O)N1CCCC(C(=O)Nc2cc(Br)c[nH]c2=O)C1. The molecule has 2 heterocycles. The minimum Gasteiger partial charge on any atom is -0.444 e. The van der Waals surface area contributed by atoms with Crippen molar-refractivity contribution in [2.24, 2.45) is 5.92 Å². The molecule has 1 atom stereocenters. The molecule has 1 fully saturated rings. The van der Waals surface area contributed by atoms with E-state index in [9.17, 15) is 14.4 Å². The number of rotatable bonds is 2. The van der Waals surface area contributed by atoms with Crippen LogP contribution in [0.25, 0.3) is 0 Å². The number of carbonyl (C=O) groups excluding carboxylic acids is 2. The molecule has 1 saturated heterocycles. The van der Waals surface area contributed by atoms with Gasteiger partial charge in [-0.2, -0.15) is 0 Å². The number of anilines is 1. The number of aromatic nitrogens is 1. The van der Waals surface area contributed by atoms with E-state index in [0.29, 0.717) is 23.9 Å². The second kappa shape index (κ2) is 7.38. The van der Waals surface area contributed by atoms with Crippen molar-refractivity contribution in [1.82, 2.24) is 9.88 Å². The van der Waals surface area contributed by atoms with Gasteiger partial charge in [0.2, 0.25) is 5.91 Å². The molecule has 0 aliphatic carbocycles. The number of carbonyl (C=O) groups is 2. The normalized spacial score (nSPS) is 18.2. The van der Waals surface area contributed by atoms with Crippen LogP contribution in [0, 0.1) is 5.92 Å². The van der Waals surface area contributed by atoms with Gasteiger partial charge in [0.25, 0.3) is 5.56 Å². The third-order valence-corrected chi connectivity index (χ3v) is 4.03. The van der Waals surface area contributed by atoms with Gasteiger partial charge in [-0.05, 0) is 55.6 Å². The van der Waals surface area contributed by atoms with Gasteiger partial charge in [-0.1, -0.05) is 0 Å². The van der Waals surface area contributed by atoms with E-state index in [-0.39, 0.29) is 29.6 Å². The van der Waals surface area contributed by atoms with Gasteiger partial charge in [-0.15, -0.1) is 0 Å². The summed E-state index contributed by atoms with van der Waals surface area (Å²) in [6.45, 7) is 6.26. The number of halogens is 1. The first-order chi connectivity index (χ1) is 11.2. The number of nitrogens with one attached hydrogen (secondary N) is 2. The van der Waals surface area contributed by atoms with Gasteiger partial charge >= 0.3 is 6.09 Å². The quantitative estimate of drug-likeness (QED) is 0.799. The van der Waals surface area contributed by atoms with Gasteiger partial charge in [0.15, 0.2) is 0 Å². The van der Waals surface area contributed by atoms with Gasteiger partial charge < -0.3 is 19.9 Å². The highest BCUT2D eigenvalue weighted by Gasteiger charge is 2.31. The van der Waals surface area contributed by atoms with Crippen LogP contribution in [0.2, 0.25) is 0 Å². The zero-order chi connectivity index (χ0) is 17.9. The number of ether oxygens (including phenoxy) is 1. The number of hydrogen-bond donors (Lipinski definition) is 2. The van der Waals surface area contributed by atoms with Crippen molar-refractivity contribution < 1.29 is 14.3 Å². The van der Waals surface area contributed by atoms with E-state index in [4.69, 9.17) is 4.74 Å². The van der Waals surface area contributed by atoms with Crippen molar-refractivity contribution in [3.8, 4) is 0 Å². The van der Waals surface area contributed by atoms with E-state index < -0.39 is 11.7 Å². The Morgan fingerprint density at radius 1 is 1.42 bits per heavy atom. The highest BCUT2D eigenvalue weighted by atomic mass is 79.9. The number of nitrogens with zero attached hydrogens (tertiary/aromatic N) is 1. The molecule has 2 amide bonds. The summed E-state index contributed by atoms with van der Waals surface area (Å²) in [5, 5.41) is 2.64. The predicted molar refractivity (Wildman–Crippen MR) is 93.9 cm³/mol. The summed E-state index contributed by atoms with van der Waals surface area (Å²) in [7, 11) is 0. The Morgan fingerprint density at radius 3 is 2.79 bits per heavy atom. The molecule has 0 bridgehead atoms. The summed E-state index contributed by atoms with van der Waals surface area (Å²) in [6.07, 6.45) is 2.46. The first-order valence-corrected chi connectivity index (χ1v) is 8.62. The lowest BCUT2D eigenvalue weighted by molar-refractivity contribution is -0.121. The summed E-state index contributed by atoms with van der Waals surface area (Å²) in [5.74, 6) is -0.642. The van der Waals surface area contributed by atoms with Gasteiger partial charge in [0, 0.05) is 23.8 Å². The van der Waals surface area contributed by atoms with E-state index in [0.717, 1.165) is 0 Å². The number of hydrogen-bond acceptors (Lipinski definition) is 4. The monoisotopic (exact) mass is 399 g/mol. The molecule has 1 aromatic rings. The minimum atomic E-state index is -0.574. The minimum absolute atomic E-state index is 0.184. The number of likely N-dealkylation sites (tertiary alicyclic amines) is 1. The molecule has 8 heteroatoms. The fourth-order valence-electron chi connectivity index (χ4n) is 2.47. The van der Waals surface area contributed by atoms with Crippen LogP contribution in [0.1, 0.15) is 33.6 Å². The maximum atomic E-state index is 12.4. The average molecular weight is 400 g/mol. The Hall–Kier alpha value is -1.83. The number of H-pyrrole nitrogens is 1. The Kier molecular flexibility index (Phi) is 5.69. The van der Waals surface area contributed by atoms with Crippen LogP contribution < -0.4 is 10.9 Å². The van der Waals surface area contributed by atoms with Gasteiger partial charge in [-0.25, -0.2) is 4.79 Å². The predicted octanol–water partition coefficient (Wildman–Crippen LogP) is 2.72. The summed E-state index contributed by atoms with van der Waals surface area (Å²) in [6, 6.07) is 1.55. The number of aromatic amines is 1. The lowest BCUT2D eigenvalue weighted by Gasteiger charge is -2.33. The van der Waals surface area contributed by atoms with Gasteiger partial charge in [0.05, 0.1) is 5.92 Å². The van der Waals surface area contributed by atoms with Crippen molar-refractivity contribution in [2.75, 3.05) is 18.4 Å². The maximum absolute atomic E-state index is 12.4. The first-order valence-electron chi connectivity index (χ1n) is 7.83. The third kappa shape index (κ3) is 5.09. The molecule has 24 heavy (non-hydrogen) atoms. The summed E-state index contributed by atoms with van der Waals surface area (Å²) < 4.78 is 6.02. The average Bonchev–Trinajstić information content (AvgIpc) is 2.49. The molecule has 1 aliphatic heterocycles. The fourth-order valence-corrected chi connectivity index (χ4v) is 2.81. The molecule has 7 nitrogen and oxygen atoms in total. The first kappa shape index (κ1) is 18.5. The van der Waals surface area contributed by atoms with Crippen LogP contribution in [0.15, 0.2) is 21.5 Å². The molecular weight excluding hydrogens is 378 g/mol. The molecule has 2 rings (SSSR count). The molecule has 0 radical (unpaired) electrons. The Morgan fingerprint density at radius 2 is 2.12 bits per heavy atom. The Bertz CT molecular complexity index is 681. The highest BCUT2D eigenvalue weighted by molar-refractivity contribution is 9.10. The van der Waals surface area contributed by atoms with Crippen LogP contribution in [-0.2, 0) is 9.53 Å². The molecule has 1 unspecified atom stereocenters. The topological polar surface area (TPSA) is 91.5 Å². The van der Waals surface area contributed by atoms with Crippen LogP contribution in [0.5, 0.6) is 0 Å². The van der Waals surface area contributed by atoms with Gasteiger partial charge in [-0.3, -0.25) is 9.59 Å². The largest absolute Gasteiger partial charge is 0.444 e. The molecule has 1 aliphatic rings. The van der Waals surface area contributed by atoms with E-state index >= 15 is 0 Å². The highest BCUT2D eigenvalue weighted by Crippen LogP contribution is 2.21. The van der Waals surface area contributed by atoms with Crippen molar-refractivity contribution in [3.63, 3.8) is 0 Å². The van der Waals surface area contributed by atoms with E-state index in [1.165, 1.54) is 6.20 Å². The third-order valence-electron chi connectivity index (χ3n) is 3.57. The van der Waals surface area contributed by atoms with E-state index in [1.807, 2.05) is 0 Å². The van der Waals surface area contributed by atoms with Crippen molar-refractivity contribution in [2.45, 2.75) is 39.2 Å². The van der Waals surface area contributed by atoms with Crippen LogP contribution in [0.3, 0.4) is 0 Å². The Labute approximate surface area is 148 Å². The van der Waals surface area contributed by atoms with Crippen molar-refractivity contribution >= 4 is 33.6 Å². The molecule has 1 aromatic heterocycles. The molecule has 132 valence electrons. The molecule has 0 spiro atoms. The summed E-state index contributed by atoms with van der Waals surface area (Å²) >= 11 is 3.25. The fraction of sp³-hybridized carbons (Fsp3) is 0.562. The maximum Gasteiger partial charge on any atom is 0.410 e. The number of piperidine rings is 1. The van der Waals surface area contributed by atoms with E-state index in [1.54, 1.807) is 31.7 Å². The van der Waals surface area contributed by atoms with Crippen LogP contribution in [-0.4, -0.2) is 40.6 Å². The zero-order valence-electron chi connectivity index (χ0n) is 14.0. The lowest BCUT2D eigenvalue weighted by atomic mass is 9.97. The van der Waals surface area contributed by atoms with Crippen LogP contribution in [0.4, 0.5) is 10.5 Å². The van der Waals surface area contributed by atoms with Crippen LogP contribution >= 0.6 is 15.9 Å². The number of amides is 2. The summed E-state index contributed by atoms with van der Waals surface area (Å²) in [4.78, 5) is 40.4. The van der Waals surface area contributed by atoms with Crippen molar-refractivity contribution in [3.05, 3.63) is 27.1 Å². The van der Waals surface area contributed by atoms with E-state index in [2.05, 4.69) is 26.2 Å².